The Balaban J connectivity index is 2.51. The zero-order valence-corrected chi connectivity index (χ0v) is 21.3. The predicted molar refractivity (Wildman–Crippen MR) is 133 cm³/mol. The first-order valence-corrected chi connectivity index (χ1v) is 13.1. The van der Waals surface area contributed by atoms with E-state index in [1.54, 1.807) is 57.2 Å². The van der Waals surface area contributed by atoms with Gasteiger partial charge in [-0.1, -0.05) is 54.9 Å². The molecule has 2 aromatic rings. The van der Waals surface area contributed by atoms with Crippen molar-refractivity contribution in [2.75, 3.05) is 23.7 Å². The lowest BCUT2D eigenvalue weighted by atomic mass is 10.1. The molecule has 2 rings (SSSR count). The van der Waals surface area contributed by atoms with Crippen LogP contribution in [0.25, 0.3) is 0 Å². The first kappa shape index (κ1) is 26.7. The number of anilines is 1. The van der Waals surface area contributed by atoms with E-state index in [0.29, 0.717) is 29.2 Å². The van der Waals surface area contributed by atoms with Gasteiger partial charge < -0.3 is 10.2 Å². The number of rotatable bonds is 10. The van der Waals surface area contributed by atoms with Crippen LogP contribution in [0.3, 0.4) is 0 Å². The second-order valence-corrected chi connectivity index (χ2v) is 10.3. The van der Waals surface area contributed by atoms with Crippen LogP contribution >= 0.6 is 11.6 Å². The molecule has 0 bridgehead atoms. The molecule has 33 heavy (non-hydrogen) atoms. The van der Waals surface area contributed by atoms with Gasteiger partial charge in [-0.3, -0.25) is 13.9 Å². The van der Waals surface area contributed by atoms with Gasteiger partial charge in [0.05, 0.1) is 11.9 Å². The summed E-state index contributed by atoms with van der Waals surface area (Å²) in [7, 11) is -3.78. The standard InChI is InChI=1S/C24H32ClN3O4S/c1-6-21(24(30)26-7-2)27(15-19-13-8-9-14-20(19)25)22(29)16-28(33(5,31)32)23-17(3)11-10-12-18(23)4/h8-14,21H,6-7,15-16H2,1-5H3,(H,26,30). The minimum absolute atomic E-state index is 0.0818. The van der Waals surface area contributed by atoms with Crippen molar-refractivity contribution in [2.24, 2.45) is 0 Å². The van der Waals surface area contributed by atoms with E-state index in [2.05, 4.69) is 5.32 Å². The van der Waals surface area contributed by atoms with Crippen LogP contribution in [0.5, 0.6) is 0 Å². The number of halogens is 1. The third kappa shape index (κ3) is 6.71. The van der Waals surface area contributed by atoms with E-state index in [-0.39, 0.29) is 12.5 Å². The highest BCUT2D eigenvalue weighted by Gasteiger charge is 2.32. The van der Waals surface area contributed by atoms with Crippen LogP contribution < -0.4 is 9.62 Å². The molecule has 2 aromatic carbocycles. The molecule has 0 radical (unpaired) electrons. The van der Waals surface area contributed by atoms with Gasteiger partial charge in [0.2, 0.25) is 21.8 Å². The average molecular weight is 494 g/mol. The molecule has 0 spiro atoms. The first-order chi connectivity index (χ1) is 15.5. The Morgan fingerprint density at radius 2 is 1.64 bits per heavy atom. The van der Waals surface area contributed by atoms with Crippen molar-refractivity contribution in [3.63, 3.8) is 0 Å². The van der Waals surface area contributed by atoms with Gasteiger partial charge in [-0.15, -0.1) is 0 Å². The molecule has 0 aromatic heterocycles. The number of amides is 2. The number of aryl methyl sites for hydroxylation is 2. The average Bonchev–Trinajstić information content (AvgIpc) is 2.73. The number of hydrogen-bond donors (Lipinski definition) is 1. The summed E-state index contributed by atoms with van der Waals surface area (Å²) in [5.74, 6) is -0.778. The van der Waals surface area contributed by atoms with Crippen molar-refractivity contribution in [3.05, 3.63) is 64.2 Å². The highest BCUT2D eigenvalue weighted by molar-refractivity contribution is 7.92. The number of carbonyl (C=O) groups excluding carboxylic acids is 2. The fraction of sp³-hybridized carbons (Fsp3) is 0.417. The number of para-hydroxylation sites is 1. The SMILES string of the molecule is CCNC(=O)C(CC)N(Cc1ccccc1Cl)C(=O)CN(c1c(C)cccc1C)S(C)(=O)=O. The molecule has 180 valence electrons. The van der Waals surface area contributed by atoms with Gasteiger partial charge in [-0.05, 0) is 49.9 Å². The van der Waals surface area contributed by atoms with Crippen LogP contribution in [0.2, 0.25) is 5.02 Å². The number of hydrogen-bond acceptors (Lipinski definition) is 4. The summed E-state index contributed by atoms with van der Waals surface area (Å²) in [6.07, 6.45) is 1.44. The molecule has 0 aliphatic rings. The zero-order chi connectivity index (χ0) is 24.8. The Bertz CT molecular complexity index is 1080. The van der Waals surface area contributed by atoms with Gasteiger partial charge in [-0.2, -0.15) is 0 Å². The molecule has 0 aliphatic carbocycles. The minimum atomic E-state index is -3.78. The molecule has 9 heteroatoms. The Kier molecular flexibility index (Phi) is 9.31. The van der Waals surface area contributed by atoms with E-state index in [1.807, 2.05) is 13.0 Å². The van der Waals surface area contributed by atoms with Crippen molar-refractivity contribution in [2.45, 2.75) is 46.7 Å². The fourth-order valence-corrected chi connectivity index (χ4v) is 4.96. The van der Waals surface area contributed by atoms with Crippen LogP contribution in [0.4, 0.5) is 5.69 Å². The summed E-state index contributed by atoms with van der Waals surface area (Å²) in [6.45, 7) is 7.29. The van der Waals surface area contributed by atoms with Crippen LogP contribution in [-0.2, 0) is 26.2 Å². The Morgan fingerprint density at radius 1 is 1.03 bits per heavy atom. The smallest absolute Gasteiger partial charge is 0.244 e. The molecule has 0 aliphatic heterocycles. The Morgan fingerprint density at radius 3 is 2.15 bits per heavy atom. The lowest BCUT2D eigenvalue weighted by Crippen LogP contribution is -2.52. The topological polar surface area (TPSA) is 86.8 Å². The lowest BCUT2D eigenvalue weighted by Gasteiger charge is -2.33. The van der Waals surface area contributed by atoms with E-state index in [1.165, 1.54) is 4.90 Å². The number of carbonyl (C=O) groups is 2. The third-order valence-electron chi connectivity index (χ3n) is 5.40. The number of benzene rings is 2. The molecule has 0 fully saturated rings. The maximum atomic E-state index is 13.6. The van der Waals surface area contributed by atoms with Crippen molar-refractivity contribution >= 4 is 39.1 Å². The highest BCUT2D eigenvalue weighted by atomic mass is 35.5. The molecule has 0 heterocycles. The maximum absolute atomic E-state index is 13.6. The van der Waals surface area contributed by atoms with Gasteiger partial charge in [0.15, 0.2) is 0 Å². The first-order valence-electron chi connectivity index (χ1n) is 10.9. The molecule has 1 unspecified atom stereocenters. The molecule has 2 amide bonds. The summed E-state index contributed by atoms with van der Waals surface area (Å²) >= 11 is 6.33. The number of nitrogens with zero attached hydrogens (tertiary/aromatic N) is 2. The van der Waals surface area contributed by atoms with Crippen LogP contribution in [0.15, 0.2) is 42.5 Å². The summed E-state index contributed by atoms with van der Waals surface area (Å²) in [5.41, 5.74) is 2.62. The van der Waals surface area contributed by atoms with E-state index in [0.717, 1.165) is 21.7 Å². The van der Waals surface area contributed by atoms with E-state index in [9.17, 15) is 18.0 Å². The normalized spacial score (nSPS) is 12.2. The fourth-order valence-electron chi connectivity index (χ4n) is 3.80. The number of likely N-dealkylation sites (N-methyl/N-ethyl adjacent to an activating group) is 1. The minimum Gasteiger partial charge on any atom is -0.355 e. The highest BCUT2D eigenvalue weighted by Crippen LogP contribution is 2.27. The zero-order valence-electron chi connectivity index (χ0n) is 19.8. The quantitative estimate of drug-likeness (QED) is 0.547. The van der Waals surface area contributed by atoms with Crippen molar-refractivity contribution < 1.29 is 18.0 Å². The molecular formula is C24H32ClN3O4S. The van der Waals surface area contributed by atoms with Crippen LogP contribution in [0, 0.1) is 13.8 Å². The Labute approximate surface area is 201 Å². The van der Waals surface area contributed by atoms with Gasteiger partial charge in [0.25, 0.3) is 0 Å². The third-order valence-corrected chi connectivity index (χ3v) is 6.88. The summed E-state index contributed by atoms with van der Waals surface area (Å²) in [4.78, 5) is 27.8. The summed E-state index contributed by atoms with van der Waals surface area (Å²) < 4.78 is 26.6. The molecule has 1 N–H and O–H groups in total. The monoisotopic (exact) mass is 493 g/mol. The van der Waals surface area contributed by atoms with Gasteiger partial charge in [0.1, 0.15) is 12.6 Å². The van der Waals surface area contributed by atoms with E-state index >= 15 is 0 Å². The second-order valence-electron chi connectivity index (χ2n) is 7.94. The van der Waals surface area contributed by atoms with Crippen molar-refractivity contribution in [1.29, 1.82) is 0 Å². The van der Waals surface area contributed by atoms with Gasteiger partial charge in [-0.25, -0.2) is 8.42 Å². The van der Waals surface area contributed by atoms with E-state index < -0.39 is 28.5 Å². The molecular weight excluding hydrogens is 462 g/mol. The lowest BCUT2D eigenvalue weighted by molar-refractivity contribution is -0.140. The summed E-state index contributed by atoms with van der Waals surface area (Å²) in [5, 5.41) is 3.24. The van der Waals surface area contributed by atoms with Gasteiger partial charge in [0, 0.05) is 18.1 Å². The largest absolute Gasteiger partial charge is 0.355 e. The van der Waals surface area contributed by atoms with Crippen molar-refractivity contribution in [1.82, 2.24) is 10.2 Å². The molecule has 1 atom stereocenters. The molecule has 7 nitrogen and oxygen atoms in total. The van der Waals surface area contributed by atoms with Crippen molar-refractivity contribution in [3.8, 4) is 0 Å². The van der Waals surface area contributed by atoms with Crippen LogP contribution in [0.1, 0.15) is 37.0 Å². The second kappa shape index (κ2) is 11.5. The number of nitrogens with one attached hydrogen (secondary N) is 1. The molecule has 0 saturated heterocycles. The number of sulfonamides is 1. The molecule has 0 saturated carbocycles. The van der Waals surface area contributed by atoms with E-state index in [4.69, 9.17) is 11.6 Å². The van der Waals surface area contributed by atoms with Crippen LogP contribution in [-0.4, -0.2) is 50.5 Å². The summed E-state index contributed by atoms with van der Waals surface area (Å²) in [6, 6.07) is 11.8. The predicted octanol–water partition coefficient (Wildman–Crippen LogP) is 3.67. The Hall–Kier alpha value is -2.58. The van der Waals surface area contributed by atoms with Gasteiger partial charge >= 0.3 is 0 Å². The maximum Gasteiger partial charge on any atom is 0.244 e.